The van der Waals surface area contributed by atoms with Crippen LogP contribution < -0.4 is 14.6 Å². The predicted molar refractivity (Wildman–Crippen MR) is 129 cm³/mol. The van der Waals surface area contributed by atoms with E-state index in [1.54, 1.807) is 19.0 Å². The Morgan fingerprint density at radius 2 is 1.77 bits per heavy atom. The molecular weight excluding hydrogens is 442 g/mol. The Labute approximate surface area is 200 Å². The third kappa shape index (κ3) is 4.01. The van der Waals surface area contributed by atoms with Gasteiger partial charge in [0.25, 0.3) is 5.65 Å². The molecule has 10 nitrogen and oxygen atoms in total. The normalized spacial score (nSPS) is 12.1. The molecule has 0 aliphatic carbocycles. The molecule has 2 aromatic carbocycles. The van der Waals surface area contributed by atoms with Gasteiger partial charge in [-0.2, -0.15) is 0 Å². The van der Waals surface area contributed by atoms with Crippen molar-refractivity contribution in [1.82, 2.24) is 34.9 Å². The number of aromatic nitrogens is 8. The maximum atomic E-state index is 6.04. The van der Waals surface area contributed by atoms with Gasteiger partial charge in [0.15, 0.2) is 29.5 Å². The molecule has 0 radical (unpaired) electrons. The molecule has 35 heavy (non-hydrogen) atoms. The Morgan fingerprint density at radius 1 is 0.914 bits per heavy atom. The molecule has 0 saturated carbocycles. The molecule has 172 valence electrons. The monoisotopic (exact) mass is 464 g/mol. The standard InChI is InChI=1S/C25H21N9O/c1-16-6-5-9-18(10-16)23(33-22-19-21(28-12-26-19)29-14-30-22)34-15-32-25(20-24(34)31-13-27-20)35-11-17-7-3-2-4-8-17/h2-10,12-15,23H,11H2,1H3,(H2,26,28,29,30,33)/p+1. The van der Waals surface area contributed by atoms with Crippen molar-refractivity contribution < 1.29 is 9.30 Å². The van der Waals surface area contributed by atoms with Crippen molar-refractivity contribution in [2.75, 3.05) is 5.32 Å². The van der Waals surface area contributed by atoms with Gasteiger partial charge < -0.3 is 20.0 Å². The molecule has 0 fully saturated rings. The van der Waals surface area contributed by atoms with E-state index >= 15 is 0 Å². The number of hydrogen-bond donors (Lipinski definition) is 3. The first-order chi connectivity index (χ1) is 17.3. The van der Waals surface area contributed by atoms with Crippen molar-refractivity contribution in [3.8, 4) is 5.88 Å². The van der Waals surface area contributed by atoms with Gasteiger partial charge in [-0.3, -0.25) is 0 Å². The first kappa shape index (κ1) is 20.7. The first-order valence-electron chi connectivity index (χ1n) is 11.1. The lowest BCUT2D eigenvalue weighted by atomic mass is 10.1. The molecule has 1 unspecified atom stereocenters. The third-order valence-electron chi connectivity index (χ3n) is 5.73. The van der Waals surface area contributed by atoms with Gasteiger partial charge in [0, 0.05) is 5.56 Å². The van der Waals surface area contributed by atoms with Crippen molar-refractivity contribution >= 4 is 28.1 Å². The minimum atomic E-state index is -0.363. The number of rotatable bonds is 7. The molecular formula is C25H22N9O+. The van der Waals surface area contributed by atoms with Crippen molar-refractivity contribution in [3.63, 3.8) is 0 Å². The summed E-state index contributed by atoms with van der Waals surface area (Å²) in [5, 5.41) is 3.53. The van der Waals surface area contributed by atoms with E-state index < -0.39 is 0 Å². The summed E-state index contributed by atoms with van der Waals surface area (Å²) in [7, 11) is 0. The molecule has 6 aromatic rings. The molecule has 0 aliphatic heterocycles. The quantitative estimate of drug-likeness (QED) is 0.309. The van der Waals surface area contributed by atoms with Crippen LogP contribution in [0.15, 0.2) is 79.9 Å². The Morgan fingerprint density at radius 3 is 2.66 bits per heavy atom. The average molecular weight is 465 g/mol. The number of nitrogens with zero attached hydrogens (tertiary/aromatic N) is 6. The minimum Gasteiger partial charge on any atom is -0.459 e. The summed E-state index contributed by atoms with van der Waals surface area (Å²) >= 11 is 0. The number of aryl methyl sites for hydroxylation is 1. The second kappa shape index (κ2) is 8.82. The van der Waals surface area contributed by atoms with Gasteiger partial charge in [0.2, 0.25) is 6.33 Å². The minimum absolute atomic E-state index is 0.363. The summed E-state index contributed by atoms with van der Waals surface area (Å²) in [6.07, 6.45) is 6.11. The smallest absolute Gasteiger partial charge is 0.321 e. The van der Waals surface area contributed by atoms with E-state index in [4.69, 9.17) is 4.74 Å². The van der Waals surface area contributed by atoms with Crippen molar-refractivity contribution in [2.24, 2.45) is 0 Å². The molecule has 10 heteroatoms. The summed E-state index contributed by atoms with van der Waals surface area (Å²) in [6.45, 7) is 2.47. The molecule has 4 heterocycles. The third-order valence-corrected chi connectivity index (χ3v) is 5.73. The van der Waals surface area contributed by atoms with Crippen LogP contribution in [0, 0.1) is 6.92 Å². The van der Waals surface area contributed by atoms with Crippen LogP contribution in [0.5, 0.6) is 5.88 Å². The number of hydrogen-bond acceptors (Lipinski definition) is 7. The Bertz CT molecular complexity index is 1610. The highest BCUT2D eigenvalue weighted by atomic mass is 16.5. The van der Waals surface area contributed by atoms with Crippen molar-refractivity contribution in [2.45, 2.75) is 19.7 Å². The van der Waals surface area contributed by atoms with Crippen molar-refractivity contribution in [3.05, 3.63) is 96.6 Å². The van der Waals surface area contributed by atoms with E-state index in [0.29, 0.717) is 35.1 Å². The molecule has 0 bridgehead atoms. The Balaban J connectivity index is 1.42. The van der Waals surface area contributed by atoms with Crippen LogP contribution in [-0.4, -0.2) is 34.9 Å². The maximum Gasteiger partial charge on any atom is 0.321 e. The number of aromatic amines is 2. The lowest BCUT2D eigenvalue weighted by molar-refractivity contribution is -0.687. The van der Waals surface area contributed by atoms with Crippen LogP contribution in [0.4, 0.5) is 5.82 Å². The van der Waals surface area contributed by atoms with Gasteiger partial charge in [-0.05, 0) is 12.5 Å². The fourth-order valence-electron chi connectivity index (χ4n) is 4.06. The summed E-state index contributed by atoms with van der Waals surface area (Å²) in [4.78, 5) is 28.5. The molecule has 4 aromatic heterocycles. The molecule has 0 saturated heterocycles. The zero-order chi connectivity index (χ0) is 23.6. The first-order valence-corrected chi connectivity index (χ1v) is 11.1. The van der Waals surface area contributed by atoms with Gasteiger partial charge in [0.1, 0.15) is 18.5 Å². The molecule has 0 amide bonds. The number of nitrogens with one attached hydrogen (secondary N) is 3. The van der Waals surface area contributed by atoms with Crippen LogP contribution in [0.2, 0.25) is 0 Å². The van der Waals surface area contributed by atoms with E-state index in [1.807, 2.05) is 41.0 Å². The summed E-state index contributed by atoms with van der Waals surface area (Å²) in [5.74, 6) is 1.11. The van der Waals surface area contributed by atoms with E-state index in [2.05, 4.69) is 65.3 Å². The van der Waals surface area contributed by atoms with Gasteiger partial charge >= 0.3 is 5.88 Å². The molecule has 0 spiro atoms. The topological polar surface area (TPSA) is 121 Å². The predicted octanol–water partition coefficient (Wildman–Crippen LogP) is 3.46. The fraction of sp³-hybridized carbons (Fsp3) is 0.120. The number of anilines is 1. The zero-order valence-corrected chi connectivity index (χ0v) is 18.9. The highest BCUT2D eigenvalue weighted by molar-refractivity contribution is 5.82. The second-order valence-corrected chi connectivity index (χ2v) is 8.12. The van der Waals surface area contributed by atoms with Crippen LogP contribution in [-0.2, 0) is 6.61 Å². The highest BCUT2D eigenvalue weighted by Gasteiger charge is 2.26. The molecule has 6 rings (SSSR count). The summed E-state index contributed by atoms with van der Waals surface area (Å²) in [6, 6.07) is 18.2. The highest BCUT2D eigenvalue weighted by Crippen LogP contribution is 2.24. The maximum absolute atomic E-state index is 6.04. The van der Waals surface area contributed by atoms with E-state index in [0.717, 1.165) is 22.2 Å². The fourth-order valence-corrected chi connectivity index (χ4v) is 4.06. The number of benzene rings is 2. The molecule has 0 aliphatic rings. The Hall–Kier alpha value is -4.86. The molecule has 3 N–H and O–H groups in total. The van der Waals surface area contributed by atoms with Crippen LogP contribution in [0.3, 0.4) is 0 Å². The van der Waals surface area contributed by atoms with Gasteiger partial charge in [-0.1, -0.05) is 70.1 Å². The Kier molecular flexibility index (Phi) is 5.22. The van der Waals surface area contributed by atoms with Crippen LogP contribution in [0.1, 0.15) is 22.9 Å². The number of fused-ring (bicyclic) bond motifs is 2. The van der Waals surface area contributed by atoms with Crippen molar-refractivity contribution in [1.29, 1.82) is 0 Å². The number of imidazole rings is 2. The second-order valence-electron chi connectivity index (χ2n) is 8.12. The van der Waals surface area contributed by atoms with E-state index in [1.165, 1.54) is 6.33 Å². The lowest BCUT2D eigenvalue weighted by Gasteiger charge is -2.20. The number of H-pyrrole nitrogens is 2. The van der Waals surface area contributed by atoms with E-state index in [-0.39, 0.29) is 6.17 Å². The zero-order valence-electron chi connectivity index (χ0n) is 18.9. The SMILES string of the molecule is Cc1cccc(C(Nc2ncnc3nc[nH]c23)[n+]2cnc(OCc3ccccc3)c3[nH]cnc32)c1. The average Bonchev–Trinajstić information content (AvgIpc) is 3.57. The summed E-state index contributed by atoms with van der Waals surface area (Å²) < 4.78 is 8.00. The van der Waals surface area contributed by atoms with Gasteiger partial charge in [-0.15, -0.1) is 0 Å². The van der Waals surface area contributed by atoms with Crippen LogP contribution in [0.25, 0.3) is 22.3 Å². The largest absolute Gasteiger partial charge is 0.459 e. The summed E-state index contributed by atoms with van der Waals surface area (Å²) in [5.41, 5.74) is 5.92. The van der Waals surface area contributed by atoms with E-state index in [9.17, 15) is 0 Å². The molecule has 1 atom stereocenters. The lowest BCUT2D eigenvalue weighted by Crippen LogP contribution is -2.46. The van der Waals surface area contributed by atoms with Crippen LogP contribution >= 0.6 is 0 Å². The van der Waals surface area contributed by atoms with Gasteiger partial charge in [0.05, 0.1) is 6.33 Å². The van der Waals surface area contributed by atoms with Gasteiger partial charge in [-0.25, -0.2) is 19.5 Å². The number of ether oxygens (including phenoxy) is 1.